The Kier molecular flexibility index (Phi) is 4.41. The first-order chi connectivity index (χ1) is 11.4. The first-order valence-electron chi connectivity index (χ1n) is 7.28. The van der Waals surface area contributed by atoms with E-state index in [1.165, 1.54) is 13.3 Å². The summed E-state index contributed by atoms with van der Waals surface area (Å²) in [5, 5.41) is 13.0. The molecule has 2 saturated heterocycles. The van der Waals surface area contributed by atoms with Gasteiger partial charge in [0.05, 0.1) is 18.2 Å². The number of rotatable bonds is 3. The number of aliphatic hydroxyl groups is 1. The molecule has 3 heterocycles. The zero-order valence-corrected chi connectivity index (χ0v) is 12.7. The lowest BCUT2D eigenvalue weighted by Gasteiger charge is -2.38. The van der Waals surface area contributed by atoms with Crippen molar-refractivity contribution in [3.05, 3.63) is 32.6 Å². The maximum atomic E-state index is 11.9. The number of aromatic amines is 2. The van der Waals surface area contributed by atoms with Crippen LogP contribution in [0.2, 0.25) is 0 Å². The van der Waals surface area contributed by atoms with Crippen molar-refractivity contribution >= 4 is 6.03 Å². The van der Waals surface area contributed by atoms with Crippen LogP contribution in [0.15, 0.2) is 15.8 Å². The number of nitrogens with two attached hydrogens (primary N) is 1. The lowest BCUT2D eigenvalue weighted by molar-refractivity contribution is -0.143. The Morgan fingerprint density at radius 3 is 2.83 bits per heavy atom. The number of amides is 2. The summed E-state index contributed by atoms with van der Waals surface area (Å²) in [4.78, 5) is 38.7. The largest absolute Gasteiger partial charge is 0.387 e. The molecule has 0 unspecified atom stereocenters. The molecular formula is C13H18N4O7. The van der Waals surface area contributed by atoms with E-state index in [2.05, 4.69) is 15.3 Å². The summed E-state index contributed by atoms with van der Waals surface area (Å²) < 4.78 is 16.6. The summed E-state index contributed by atoms with van der Waals surface area (Å²) >= 11 is 0. The number of aromatic nitrogens is 2. The number of aliphatic hydroxyl groups excluding tert-OH is 1. The van der Waals surface area contributed by atoms with Gasteiger partial charge in [-0.25, -0.2) is 9.59 Å². The van der Waals surface area contributed by atoms with E-state index in [-0.39, 0.29) is 12.2 Å². The van der Waals surface area contributed by atoms with Gasteiger partial charge in [0.15, 0.2) is 0 Å². The average molecular weight is 342 g/mol. The van der Waals surface area contributed by atoms with Crippen LogP contribution >= 0.6 is 0 Å². The maximum Gasteiger partial charge on any atom is 0.325 e. The van der Waals surface area contributed by atoms with Crippen molar-refractivity contribution in [1.82, 2.24) is 15.3 Å². The van der Waals surface area contributed by atoms with Gasteiger partial charge in [0.1, 0.15) is 30.5 Å². The van der Waals surface area contributed by atoms with E-state index in [0.717, 1.165) is 0 Å². The van der Waals surface area contributed by atoms with Crippen LogP contribution in [0.5, 0.6) is 0 Å². The Hall–Kier alpha value is -2.21. The van der Waals surface area contributed by atoms with Crippen LogP contribution < -0.4 is 22.3 Å². The van der Waals surface area contributed by atoms with Crippen molar-refractivity contribution < 1.29 is 24.1 Å². The summed E-state index contributed by atoms with van der Waals surface area (Å²) in [6.07, 6.45) is -3.12. The highest BCUT2D eigenvalue weighted by atomic mass is 16.6. The SMILES string of the molecule is CO[C@@H]1CO[C@H]2[C@@H](O)[C@H](c3c[nH]c(=O)[nH]c3=O)O[C@@H]2[C@@H]1NC(N)=O. The molecule has 6 atom stereocenters. The highest BCUT2D eigenvalue weighted by Gasteiger charge is 2.54. The average Bonchev–Trinajstić information content (AvgIpc) is 2.85. The molecule has 2 aliphatic heterocycles. The maximum absolute atomic E-state index is 11.9. The number of H-pyrrole nitrogens is 2. The van der Waals surface area contributed by atoms with Crippen molar-refractivity contribution in [2.45, 2.75) is 36.6 Å². The van der Waals surface area contributed by atoms with Gasteiger partial charge in [-0.3, -0.25) is 9.78 Å². The number of methoxy groups -OCH3 is 1. The van der Waals surface area contributed by atoms with E-state index in [9.17, 15) is 19.5 Å². The quantitative estimate of drug-likeness (QED) is 0.398. The van der Waals surface area contributed by atoms with Crippen LogP contribution in [0, 0.1) is 0 Å². The molecule has 11 heteroatoms. The topological polar surface area (TPSA) is 169 Å². The van der Waals surface area contributed by atoms with Crippen molar-refractivity contribution in [2.75, 3.05) is 13.7 Å². The van der Waals surface area contributed by atoms with Crippen molar-refractivity contribution in [2.24, 2.45) is 5.73 Å². The molecule has 0 bridgehead atoms. The molecule has 24 heavy (non-hydrogen) atoms. The molecule has 2 amide bonds. The minimum Gasteiger partial charge on any atom is -0.387 e. The van der Waals surface area contributed by atoms with Crippen molar-refractivity contribution in [1.29, 1.82) is 0 Å². The standard InChI is InChI=1S/C13H18N4O7/c1-22-5-3-23-10-7(18)8(4-2-15-13(21)17-11(4)19)24-9(10)6(5)16-12(14)20/h2,5-10,18H,3H2,1H3,(H3,14,16,20)(H2,15,17,19,21)/t5-,6-,7+,8+,9-,10+/m1/s1. The molecule has 1 aromatic heterocycles. The predicted octanol–water partition coefficient (Wildman–Crippen LogP) is -2.69. The van der Waals surface area contributed by atoms with Gasteiger partial charge in [0, 0.05) is 13.3 Å². The number of urea groups is 1. The molecule has 1 aromatic rings. The fraction of sp³-hybridized carbons (Fsp3) is 0.615. The molecule has 11 nitrogen and oxygen atoms in total. The first kappa shape index (κ1) is 16.6. The second kappa shape index (κ2) is 6.36. The fourth-order valence-electron chi connectivity index (χ4n) is 3.14. The number of hydrogen-bond acceptors (Lipinski definition) is 7. The third-order valence-electron chi connectivity index (χ3n) is 4.25. The summed E-state index contributed by atoms with van der Waals surface area (Å²) in [5.41, 5.74) is 3.89. The Labute approximate surface area is 135 Å². The van der Waals surface area contributed by atoms with Gasteiger partial charge in [-0.1, -0.05) is 0 Å². The first-order valence-corrected chi connectivity index (χ1v) is 7.28. The number of primary amides is 1. The molecule has 0 aromatic carbocycles. The van der Waals surface area contributed by atoms with Gasteiger partial charge < -0.3 is 35.4 Å². The van der Waals surface area contributed by atoms with E-state index >= 15 is 0 Å². The van der Waals surface area contributed by atoms with Crippen molar-refractivity contribution in [3.8, 4) is 0 Å². The zero-order chi connectivity index (χ0) is 17.4. The minimum absolute atomic E-state index is 0.0480. The predicted molar refractivity (Wildman–Crippen MR) is 78.3 cm³/mol. The summed E-state index contributed by atoms with van der Waals surface area (Å²) in [7, 11) is 1.44. The van der Waals surface area contributed by atoms with Gasteiger partial charge in [0.2, 0.25) is 0 Å². The van der Waals surface area contributed by atoms with E-state index in [4.69, 9.17) is 19.9 Å². The van der Waals surface area contributed by atoms with Gasteiger partial charge >= 0.3 is 11.7 Å². The van der Waals surface area contributed by atoms with Crippen LogP contribution in [0.1, 0.15) is 11.7 Å². The molecule has 0 spiro atoms. The molecular weight excluding hydrogens is 324 g/mol. The molecule has 3 rings (SSSR count). The summed E-state index contributed by atoms with van der Waals surface area (Å²) in [6, 6.07) is -1.43. The van der Waals surface area contributed by atoms with E-state index in [1.54, 1.807) is 0 Å². The smallest absolute Gasteiger partial charge is 0.325 e. The molecule has 2 fully saturated rings. The third kappa shape index (κ3) is 2.82. The van der Waals surface area contributed by atoms with Crippen LogP contribution in [0.25, 0.3) is 0 Å². The van der Waals surface area contributed by atoms with Crippen molar-refractivity contribution in [3.63, 3.8) is 0 Å². The second-order valence-corrected chi connectivity index (χ2v) is 5.65. The lowest BCUT2D eigenvalue weighted by atomic mass is 9.94. The number of nitrogens with one attached hydrogen (secondary N) is 3. The normalized spacial score (nSPS) is 35.4. The second-order valence-electron chi connectivity index (χ2n) is 5.65. The molecule has 2 aliphatic rings. The number of ether oxygens (including phenoxy) is 3. The number of carbonyl (C=O) groups excluding carboxylic acids is 1. The Bertz CT molecular complexity index is 732. The fourth-order valence-corrected chi connectivity index (χ4v) is 3.14. The Morgan fingerprint density at radius 2 is 2.21 bits per heavy atom. The van der Waals surface area contributed by atoms with E-state index < -0.39 is 53.8 Å². The number of fused-ring (bicyclic) bond motifs is 1. The van der Waals surface area contributed by atoms with Crippen LogP contribution in [0.3, 0.4) is 0 Å². The number of hydrogen-bond donors (Lipinski definition) is 5. The van der Waals surface area contributed by atoms with Gasteiger partial charge in [-0.05, 0) is 0 Å². The van der Waals surface area contributed by atoms with Gasteiger partial charge in [-0.2, -0.15) is 0 Å². The summed E-state index contributed by atoms with van der Waals surface area (Å²) in [5.74, 6) is 0. The summed E-state index contributed by atoms with van der Waals surface area (Å²) in [6.45, 7) is 0.109. The molecule has 0 aliphatic carbocycles. The Balaban J connectivity index is 1.91. The molecule has 6 N–H and O–H groups in total. The lowest BCUT2D eigenvalue weighted by Crippen LogP contribution is -2.62. The zero-order valence-electron chi connectivity index (χ0n) is 12.7. The monoisotopic (exact) mass is 342 g/mol. The van der Waals surface area contributed by atoms with Gasteiger partial charge in [-0.15, -0.1) is 0 Å². The Morgan fingerprint density at radius 1 is 1.46 bits per heavy atom. The highest BCUT2D eigenvalue weighted by molar-refractivity contribution is 5.72. The number of carbonyl (C=O) groups is 1. The van der Waals surface area contributed by atoms with E-state index in [1.807, 2.05) is 0 Å². The highest BCUT2D eigenvalue weighted by Crippen LogP contribution is 2.38. The molecule has 0 radical (unpaired) electrons. The minimum atomic E-state index is -1.17. The third-order valence-corrected chi connectivity index (χ3v) is 4.25. The van der Waals surface area contributed by atoms with Crippen LogP contribution in [-0.2, 0) is 14.2 Å². The van der Waals surface area contributed by atoms with E-state index in [0.29, 0.717) is 0 Å². The molecule has 132 valence electrons. The van der Waals surface area contributed by atoms with Crippen LogP contribution in [-0.4, -0.2) is 65.3 Å². The van der Waals surface area contributed by atoms with Gasteiger partial charge in [0.25, 0.3) is 5.56 Å². The van der Waals surface area contributed by atoms with Crippen LogP contribution in [0.4, 0.5) is 4.79 Å². The molecule has 0 saturated carbocycles.